The maximum absolute atomic E-state index is 11.8. The lowest BCUT2D eigenvalue weighted by Gasteiger charge is -2.05. The van der Waals surface area contributed by atoms with E-state index in [0.29, 0.717) is 11.6 Å². The van der Waals surface area contributed by atoms with Gasteiger partial charge in [0.05, 0.1) is 17.1 Å². The van der Waals surface area contributed by atoms with Gasteiger partial charge in [-0.15, -0.1) is 11.3 Å². The topological polar surface area (TPSA) is 77.1 Å². The van der Waals surface area contributed by atoms with E-state index in [-0.39, 0.29) is 24.6 Å². The SMILES string of the molecule is O=C(Cn1ccccc1=O)NCc1coc(-c2cccs2)n1. The Kier molecular flexibility index (Phi) is 4.15. The normalized spacial score (nSPS) is 10.5. The number of nitrogens with one attached hydrogen (secondary N) is 1. The van der Waals surface area contributed by atoms with Gasteiger partial charge in [-0.2, -0.15) is 0 Å². The number of nitrogens with zero attached hydrogens (tertiary/aromatic N) is 2. The number of amides is 1. The van der Waals surface area contributed by atoms with E-state index in [0.717, 1.165) is 4.88 Å². The summed E-state index contributed by atoms with van der Waals surface area (Å²) in [5.41, 5.74) is 0.427. The van der Waals surface area contributed by atoms with Crippen molar-refractivity contribution in [2.24, 2.45) is 0 Å². The van der Waals surface area contributed by atoms with Crippen molar-refractivity contribution in [3.05, 3.63) is 64.2 Å². The molecule has 0 saturated carbocycles. The van der Waals surface area contributed by atoms with Gasteiger partial charge in [0, 0.05) is 12.3 Å². The fraction of sp³-hybridized carbons (Fsp3) is 0.133. The minimum atomic E-state index is -0.256. The third kappa shape index (κ3) is 3.32. The first-order chi connectivity index (χ1) is 10.7. The first kappa shape index (κ1) is 14.3. The largest absolute Gasteiger partial charge is 0.443 e. The summed E-state index contributed by atoms with van der Waals surface area (Å²) in [5.74, 6) is 0.285. The number of pyridine rings is 1. The van der Waals surface area contributed by atoms with Crippen LogP contribution in [0.5, 0.6) is 0 Å². The molecule has 0 radical (unpaired) electrons. The molecule has 1 N–H and O–H groups in total. The highest BCUT2D eigenvalue weighted by atomic mass is 32.1. The summed E-state index contributed by atoms with van der Waals surface area (Å²) < 4.78 is 6.71. The second-order valence-corrected chi connectivity index (χ2v) is 5.51. The van der Waals surface area contributed by atoms with E-state index in [4.69, 9.17) is 4.42 Å². The van der Waals surface area contributed by atoms with Gasteiger partial charge in [-0.3, -0.25) is 9.59 Å². The monoisotopic (exact) mass is 315 g/mol. The zero-order valence-electron chi connectivity index (χ0n) is 11.6. The van der Waals surface area contributed by atoms with Crippen LogP contribution >= 0.6 is 11.3 Å². The molecule has 112 valence electrons. The predicted molar refractivity (Wildman–Crippen MR) is 82.4 cm³/mol. The van der Waals surface area contributed by atoms with Crippen molar-refractivity contribution in [2.75, 3.05) is 0 Å². The van der Waals surface area contributed by atoms with Gasteiger partial charge in [0.1, 0.15) is 12.8 Å². The van der Waals surface area contributed by atoms with Crippen molar-refractivity contribution in [3.63, 3.8) is 0 Å². The highest BCUT2D eigenvalue weighted by Gasteiger charge is 2.09. The summed E-state index contributed by atoms with van der Waals surface area (Å²) in [7, 11) is 0. The first-order valence-corrected chi connectivity index (χ1v) is 7.51. The van der Waals surface area contributed by atoms with Gasteiger partial charge in [0.15, 0.2) is 0 Å². The highest BCUT2D eigenvalue weighted by molar-refractivity contribution is 7.13. The number of aromatic nitrogens is 2. The van der Waals surface area contributed by atoms with Crippen LogP contribution in [0.1, 0.15) is 5.69 Å². The molecule has 0 aliphatic carbocycles. The molecule has 0 unspecified atom stereocenters. The lowest BCUT2D eigenvalue weighted by Crippen LogP contribution is -2.31. The molecular formula is C15H13N3O3S. The van der Waals surface area contributed by atoms with Crippen molar-refractivity contribution >= 4 is 17.2 Å². The molecule has 1 amide bonds. The molecule has 6 nitrogen and oxygen atoms in total. The van der Waals surface area contributed by atoms with Crippen molar-refractivity contribution in [3.8, 4) is 10.8 Å². The van der Waals surface area contributed by atoms with Crippen LogP contribution in [0, 0.1) is 0 Å². The van der Waals surface area contributed by atoms with E-state index in [2.05, 4.69) is 10.3 Å². The molecule has 3 heterocycles. The van der Waals surface area contributed by atoms with Crippen LogP contribution in [0.15, 0.2) is 57.4 Å². The van der Waals surface area contributed by atoms with Gasteiger partial charge < -0.3 is 14.3 Å². The third-order valence-electron chi connectivity index (χ3n) is 2.96. The molecule has 0 bridgehead atoms. The minimum Gasteiger partial charge on any atom is -0.443 e. The number of hydrogen-bond acceptors (Lipinski definition) is 5. The van der Waals surface area contributed by atoms with Crippen LogP contribution in [-0.4, -0.2) is 15.5 Å². The van der Waals surface area contributed by atoms with Crippen LogP contribution in [0.3, 0.4) is 0 Å². The molecule has 0 aliphatic rings. The Morgan fingerprint density at radius 1 is 1.32 bits per heavy atom. The Balaban J connectivity index is 1.57. The number of hydrogen-bond donors (Lipinski definition) is 1. The van der Waals surface area contributed by atoms with E-state index in [1.807, 2.05) is 17.5 Å². The molecule has 7 heteroatoms. The van der Waals surface area contributed by atoms with Crippen LogP contribution < -0.4 is 10.9 Å². The Bertz CT molecular complexity index is 820. The van der Waals surface area contributed by atoms with E-state index >= 15 is 0 Å². The average Bonchev–Trinajstić information content (AvgIpc) is 3.18. The van der Waals surface area contributed by atoms with Gasteiger partial charge in [0.25, 0.3) is 5.56 Å². The molecule has 22 heavy (non-hydrogen) atoms. The maximum Gasteiger partial charge on any atom is 0.250 e. The minimum absolute atomic E-state index is 0.0185. The molecular weight excluding hydrogens is 302 g/mol. The Morgan fingerprint density at radius 2 is 2.23 bits per heavy atom. The van der Waals surface area contributed by atoms with Gasteiger partial charge in [0.2, 0.25) is 11.8 Å². The van der Waals surface area contributed by atoms with Crippen LogP contribution in [0.4, 0.5) is 0 Å². The summed E-state index contributed by atoms with van der Waals surface area (Å²) in [6.07, 6.45) is 3.09. The molecule has 0 atom stereocenters. The second-order valence-electron chi connectivity index (χ2n) is 4.56. The van der Waals surface area contributed by atoms with Crippen molar-refractivity contribution in [1.82, 2.24) is 14.9 Å². The summed E-state index contributed by atoms with van der Waals surface area (Å²) in [6, 6.07) is 8.60. The van der Waals surface area contributed by atoms with E-state index in [1.54, 1.807) is 18.3 Å². The fourth-order valence-electron chi connectivity index (χ4n) is 1.89. The molecule has 0 spiro atoms. The molecule has 3 aromatic heterocycles. The fourth-order valence-corrected chi connectivity index (χ4v) is 2.55. The Morgan fingerprint density at radius 3 is 3.00 bits per heavy atom. The van der Waals surface area contributed by atoms with Crippen LogP contribution in [-0.2, 0) is 17.9 Å². The van der Waals surface area contributed by atoms with Crippen LogP contribution in [0.2, 0.25) is 0 Å². The standard InChI is InChI=1S/C15H13N3O3S/c19-13(9-18-6-2-1-5-14(18)20)16-8-11-10-21-15(17-11)12-4-3-7-22-12/h1-7,10H,8-9H2,(H,16,19). The zero-order valence-corrected chi connectivity index (χ0v) is 12.4. The quantitative estimate of drug-likeness (QED) is 0.780. The maximum atomic E-state index is 11.8. The Hall–Kier alpha value is -2.67. The van der Waals surface area contributed by atoms with Crippen LogP contribution in [0.25, 0.3) is 10.8 Å². The highest BCUT2D eigenvalue weighted by Crippen LogP contribution is 2.23. The zero-order chi connectivity index (χ0) is 15.4. The molecule has 0 saturated heterocycles. The van der Waals surface area contributed by atoms with Gasteiger partial charge in [-0.05, 0) is 17.5 Å². The van der Waals surface area contributed by atoms with Crippen molar-refractivity contribution < 1.29 is 9.21 Å². The number of thiophene rings is 1. The number of carbonyl (C=O) groups is 1. The molecule has 0 fully saturated rings. The summed E-state index contributed by atoms with van der Waals surface area (Å²) in [4.78, 5) is 28.6. The van der Waals surface area contributed by atoms with E-state index in [9.17, 15) is 9.59 Å². The summed E-state index contributed by atoms with van der Waals surface area (Å²) >= 11 is 1.54. The third-order valence-corrected chi connectivity index (χ3v) is 3.82. The van der Waals surface area contributed by atoms with Gasteiger partial charge in [-0.25, -0.2) is 4.98 Å². The van der Waals surface area contributed by atoms with Gasteiger partial charge >= 0.3 is 0 Å². The summed E-state index contributed by atoms with van der Waals surface area (Å²) in [6.45, 7) is 0.241. The number of rotatable bonds is 5. The van der Waals surface area contributed by atoms with E-state index < -0.39 is 0 Å². The average molecular weight is 315 g/mol. The summed E-state index contributed by atoms with van der Waals surface area (Å²) in [5, 5.41) is 4.66. The van der Waals surface area contributed by atoms with Crippen molar-refractivity contribution in [2.45, 2.75) is 13.1 Å². The molecule has 0 aromatic carbocycles. The van der Waals surface area contributed by atoms with E-state index in [1.165, 1.54) is 28.2 Å². The number of oxazole rings is 1. The predicted octanol–water partition coefficient (Wildman–Crippen LogP) is 1.88. The molecule has 3 rings (SSSR count). The molecule has 3 aromatic rings. The lowest BCUT2D eigenvalue weighted by molar-refractivity contribution is -0.121. The molecule has 0 aliphatic heterocycles. The van der Waals surface area contributed by atoms with Crippen molar-refractivity contribution in [1.29, 1.82) is 0 Å². The lowest BCUT2D eigenvalue weighted by atomic mass is 10.4. The second kappa shape index (κ2) is 6.40. The number of carbonyl (C=O) groups excluding carboxylic acids is 1. The first-order valence-electron chi connectivity index (χ1n) is 6.63. The van der Waals surface area contributed by atoms with Gasteiger partial charge in [-0.1, -0.05) is 12.1 Å². The smallest absolute Gasteiger partial charge is 0.250 e. The Labute approximate surface area is 130 Å².